The van der Waals surface area contributed by atoms with Crippen molar-refractivity contribution < 1.29 is 4.79 Å². The largest absolute Gasteiger partial charge is 0.372 e. The smallest absolute Gasteiger partial charge is 0.331 e. The molecule has 1 aromatic heterocycles. The third kappa shape index (κ3) is 3.87. The van der Waals surface area contributed by atoms with Gasteiger partial charge in [0.1, 0.15) is 6.54 Å². The fourth-order valence-corrected chi connectivity index (χ4v) is 4.05. The van der Waals surface area contributed by atoms with E-state index in [4.69, 9.17) is 0 Å². The molecule has 1 amide bonds. The maximum absolute atomic E-state index is 12.8. The molecule has 1 aliphatic heterocycles. The highest BCUT2D eigenvalue weighted by atomic mass is 16.2. The average molecular weight is 406 g/mol. The van der Waals surface area contributed by atoms with Crippen LogP contribution in [0.3, 0.4) is 0 Å². The van der Waals surface area contributed by atoms with Crippen molar-refractivity contribution in [2.45, 2.75) is 39.3 Å². The summed E-state index contributed by atoms with van der Waals surface area (Å²) >= 11 is 0. The van der Waals surface area contributed by atoms with Crippen molar-refractivity contribution in [1.82, 2.24) is 9.13 Å². The zero-order chi connectivity index (χ0) is 21.1. The number of hydrogen-bond donors (Lipinski definition) is 1. The number of hydrogen-bond acceptors (Lipinski definition) is 4. The molecule has 7 heteroatoms. The van der Waals surface area contributed by atoms with E-state index in [-0.39, 0.29) is 24.6 Å². The molecule has 1 N–H and O–H groups in total. The van der Waals surface area contributed by atoms with Gasteiger partial charge in [-0.2, -0.15) is 0 Å². The molecule has 0 unspecified atom stereocenters. The number of nitrogens with zero attached hydrogens (tertiary/aromatic N) is 3. The lowest BCUT2D eigenvalue weighted by Gasteiger charge is -2.28. The van der Waals surface area contributed by atoms with Crippen molar-refractivity contribution >= 4 is 28.2 Å². The van der Waals surface area contributed by atoms with Crippen molar-refractivity contribution in [3.8, 4) is 0 Å². The highest BCUT2D eigenvalue weighted by Crippen LogP contribution is 2.21. The predicted octanol–water partition coefficient (Wildman–Crippen LogP) is 2.81. The Balaban J connectivity index is 1.55. The Morgan fingerprint density at radius 3 is 2.33 bits per heavy atom. The Bertz CT molecular complexity index is 1170. The van der Waals surface area contributed by atoms with E-state index in [0.29, 0.717) is 16.6 Å². The lowest BCUT2D eigenvalue weighted by atomic mass is 10.1. The van der Waals surface area contributed by atoms with E-state index in [2.05, 4.69) is 10.2 Å². The first kappa shape index (κ1) is 19.9. The van der Waals surface area contributed by atoms with Crippen LogP contribution in [0.1, 0.15) is 26.2 Å². The summed E-state index contributed by atoms with van der Waals surface area (Å²) in [6.07, 6.45) is 3.70. The number of para-hydroxylation sites is 1. The Morgan fingerprint density at radius 2 is 1.63 bits per heavy atom. The van der Waals surface area contributed by atoms with Crippen molar-refractivity contribution in [2.24, 2.45) is 0 Å². The topological polar surface area (TPSA) is 76.3 Å². The Hall–Kier alpha value is -3.35. The van der Waals surface area contributed by atoms with Crippen molar-refractivity contribution in [3.05, 3.63) is 69.4 Å². The summed E-state index contributed by atoms with van der Waals surface area (Å²) in [5.41, 5.74) is 1.50. The van der Waals surface area contributed by atoms with Gasteiger partial charge in [-0.3, -0.25) is 18.7 Å². The molecular weight excluding hydrogens is 380 g/mol. The first-order chi connectivity index (χ1) is 14.6. The highest BCUT2D eigenvalue weighted by molar-refractivity contribution is 5.91. The third-order valence-corrected chi connectivity index (χ3v) is 5.62. The van der Waals surface area contributed by atoms with Crippen LogP contribution in [-0.2, 0) is 17.9 Å². The molecule has 0 radical (unpaired) electrons. The molecule has 3 aromatic rings. The SMILES string of the molecule is CCn1c(=O)c2ccccc2n(CC(=O)Nc2ccc(N3CCCCC3)cc2)c1=O. The normalized spacial score (nSPS) is 14.1. The van der Waals surface area contributed by atoms with E-state index in [9.17, 15) is 14.4 Å². The first-order valence-electron chi connectivity index (χ1n) is 10.5. The van der Waals surface area contributed by atoms with E-state index < -0.39 is 5.69 Å². The van der Waals surface area contributed by atoms with E-state index in [1.807, 2.05) is 24.3 Å². The summed E-state index contributed by atoms with van der Waals surface area (Å²) in [5.74, 6) is -0.311. The van der Waals surface area contributed by atoms with Gasteiger partial charge in [0.2, 0.25) is 5.91 Å². The van der Waals surface area contributed by atoms with Crippen molar-refractivity contribution in [1.29, 1.82) is 0 Å². The standard InChI is InChI=1S/C23H26N4O3/c1-2-26-22(29)19-8-4-5-9-20(19)27(23(26)30)16-21(28)24-17-10-12-18(13-11-17)25-14-6-3-7-15-25/h4-5,8-13H,2-3,6-7,14-16H2,1H3,(H,24,28). The van der Waals surface area contributed by atoms with E-state index in [1.165, 1.54) is 23.8 Å². The fraction of sp³-hybridized carbons (Fsp3) is 0.348. The van der Waals surface area contributed by atoms with Gasteiger partial charge in [-0.15, -0.1) is 0 Å². The number of rotatable bonds is 5. The molecule has 0 bridgehead atoms. The maximum Gasteiger partial charge on any atom is 0.331 e. The van der Waals surface area contributed by atoms with Crippen molar-refractivity contribution in [2.75, 3.05) is 23.3 Å². The van der Waals surface area contributed by atoms with Crippen LogP contribution < -0.4 is 21.5 Å². The first-order valence-corrected chi connectivity index (χ1v) is 10.5. The summed E-state index contributed by atoms with van der Waals surface area (Å²) < 4.78 is 2.51. The fourth-order valence-electron chi connectivity index (χ4n) is 4.05. The van der Waals surface area contributed by atoms with Gasteiger partial charge in [-0.25, -0.2) is 4.79 Å². The highest BCUT2D eigenvalue weighted by Gasteiger charge is 2.15. The number of amides is 1. The summed E-state index contributed by atoms with van der Waals surface area (Å²) in [5, 5.41) is 3.29. The maximum atomic E-state index is 12.8. The molecular formula is C23H26N4O3. The second-order valence-electron chi connectivity index (χ2n) is 7.58. The molecule has 1 saturated heterocycles. The molecule has 1 fully saturated rings. The second kappa shape index (κ2) is 8.57. The minimum Gasteiger partial charge on any atom is -0.372 e. The summed E-state index contributed by atoms with van der Waals surface area (Å²) in [6.45, 7) is 3.96. The summed E-state index contributed by atoms with van der Waals surface area (Å²) in [6, 6.07) is 14.7. The van der Waals surface area contributed by atoms with Gasteiger partial charge in [0.15, 0.2) is 0 Å². The van der Waals surface area contributed by atoms with Crippen molar-refractivity contribution in [3.63, 3.8) is 0 Å². The molecule has 0 saturated carbocycles. The summed E-state index contributed by atoms with van der Waals surface area (Å²) in [7, 11) is 0. The minimum absolute atomic E-state index is 0.159. The zero-order valence-electron chi connectivity index (χ0n) is 17.1. The second-order valence-corrected chi connectivity index (χ2v) is 7.58. The lowest BCUT2D eigenvalue weighted by Crippen LogP contribution is -2.41. The van der Waals surface area contributed by atoms with Crippen LogP contribution >= 0.6 is 0 Å². The van der Waals surface area contributed by atoms with Gasteiger partial charge in [0, 0.05) is 31.0 Å². The molecule has 7 nitrogen and oxygen atoms in total. The molecule has 156 valence electrons. The minimum atomic E-state index is -0.475. The number of piperidine rings is 1. The quantitative estimate of drug-likeness (QED) is 0.707. The lowest BCUT2D eigenvalue weighted by molar-refractivity contribution is -0.116. The molecule has 4 rings (SSSR count). The predicted molar refractivity (Wildman–Crippen MR) is 119 cm³/mol. The van der Waals surface area contributed by atoms with Crippen LogP contribution in [0.15, 0.2) is 58.1 Å². The van der Waals surface area contributed by atoms with Crippen LogP contribution in [0.25, 0.3) is 10.9 Å². The number of carbonyl (C=O) groups is 1. The summed E-state index contributed by atoms with van der Waals surface area (Å²) in [4.78, 5) is 40.3. The van der Waals surface area contributed by atoms with Gasteiger partial charge in [0.05, 0.1) is 10.9 Å². The van der Waals surface area contributed by atoms with E-state index in [0.717, 1.165) is 23.3 Å². The molecule has 0 spiro atoms. The molecule has 2 aromatic carbocycles. The van der Waals surface area contributed by atoms with Crippen LogP contribution in [0.5, 0.6) is 0 Å². The number of benzene rings is 2. The number of carbonyl (C=O) groups excluding carboxylic acids is 1. The number of aromatic nitrogens is 2. The van der Waals surface area contributed by atoms with Crippen LogP contribution in [0.2, 0.25) is 0 Å². The van der Waals surface area contributed by atoms with Gasteiger partial charge in [-0.05, 0) is 62.6 Å². The number of fused-ring (bicyclic) bond motifs is 1. The number of nitrogens with one attached hydrogen (secondary N) is 1. The number of anilines is 2. The third-order valence-electron chi connectivity index (χ3n) is 5.62. The van der Waals surface area contributed by atoms with E-state index in [1.54, 1.807) is 31.2 Å². The van der Waals surface area contributed by atoms with Gasteiger partial charge in [0.25, 0.3) is 5.56 Å². The monoisotopic (exact) mass is 406 g/mol. The van der Waals surface area contributed by atoms with Gasteiger partial charge in [-0.1, -0.05) is 12.1 Å². The molecule has 0 aliphatic carbocycles. The molecule has 0 atom stereocenters. The van der Waals surface area contributed by atoms with Crippen LogP contribution in [0, 0.1) is 0 Å². The molecule has 1 aliphatic rings. The zero-order valence-corrected chi connectivity index (χ0v) is 17.1. The molecule has 2 heterocycles. The van der Waals surface area contributed by atoms with E-state index >= 15 is 0 Å². The Labute approximate surface area is 174 Å². The molecule has 30 heavy (non-hydrogen) atoms. The Morgan fingerprint density at radius 1 is 0.933 bits per heavy atom. The van der Waals surface area contributed by atoms with Crippen LogP contribution in [-0.4, -0.2) is 28.1 Å². The Kier molecular flexibility index (Phi) is 5.70. The average Bonchev–Trinajstić information content (AvgIpc) is 2.78. The van der Waals surface area contributed by atoms with Gasteiger partial charge < -0.3 is 10.2 Å². The van der Waals surface area contributed by atoms with Crippen LogP contribution in [0.4, 0.5) is 11.4 Å². The van der Waals surface area contributed by atoms with Gasteiger partial charge >= 0.3 is 5.69 Å².